The second kappa shape index (κ2) is 8.26. The van der Waals surface area contributed by atoms with Crippen LogP contribution in [0.4, 0.5) is 8.78 Å². The van der Waals surface area contributed by atoms with E-state index in [0.29, 0.717) is 23.0 Å². The number of hydrogen-bond acceptors (Lipinski definition) is 6. The minimum Gasteiger partial charge on any atom is -0.471 e. The highest BCUT2D eigenvalue weighted by Crippen LogP contribution is 2.24. The predicted molar refractivity (Wildman–Crippen MR) is 93.3 cm³/mol. The Hall–Kier alpha value is -2.81. The van der Waals surface area contributed by atoms with Crippen LogP contribution in [0.3, 0.4) is 0 Å². The van der Waals surface area contributed by atoms with Crippen molar-refractivity contribution in [2.75, 3.05) is 13.2 Å². The van der Waals surface area contributed by atoms with Crippen molar-refractivity contribution in [3.8, 4) is 5.88 Å². The van der Waals surface area contributed by atoms with Crippen LogP contribution in [0.2, 0.25) is 5.02 Å². The van der Waals surface area contributed by atoms with Crippen LogP contribution in [0, 0.1) is 0 Å². The zero-order chi connectivity index (χ0) is 19.4. The molecule has 7 nitrogen and oxygen atoms in total. The molecule has 0 aliphatic rings. The molecule has 0 unspecified atom stereocenters. The molecule has 0 N–H and O–H groups in total. The van der Waals surface area contributed by atoms with Crippen molar-refractivity contribution in [1.82, 2.24) is 19.7 Å². The van der Waals surface area contributed by atoms with Crippen molar-refractivity contribution in [3.63, 3.8) is 0 Å². The molecule has 0 aromatic carbocycles. The third-order valence-electron chi connectivity index (χ3n) is 3.50. The number of esters is 1. The number of halogens is 3. The Morgan fingerprint density at radius 3 is 2.89 bits per heavy atom. The van der Waals surface area contributed by atoms with Crippen LogP contribution in [0.5, 0.6) is 5.88 Å². The number of carbonyl (C=O) groups excluding carboxylic acids is 1. The van der Waals surface area contributed by atoms with Crippen molar-refractivity contribution in [2.24, 2.45) is 0 Å². The summed E-state index contributed by atoms with van der Waals surface area (Å²) >= 11 is 6.03. The summed E-state index contributed by atoms with van der Waals surface area (Å²) < 4.78 is 35.9. The van der Waals surface area contributed by atoms with Crippen molar-refractivity contribution < 1.29 is 23.0 Å². The molecule has 0 bridgehead atoms. The molecule has 0 spiro atoms. The minimum absolute atomic E-state index is 0.0554. The summed E-state index contributed by atoms with van der Waals surface area (Å²) in [5.74, 6) is -0.576. The fourth-order valence-corrected chi connectivity index (χ4v) is 2.67. The maximum Gasteiger partial charge on any atom is 0.357 e. The highest BCUT2D eigenvalue weighted by Gasteiger charge is 2.16. The molecule has 3 heterocycles. The first-order valence-corrected chi connectivity index (χ1v) is 8.40. The van der Waals surface area contributed by atoms with Crippen LogP contribution in [0.1, 0.15) is 23.0 Å². The molecule has 0 saturated carbocycles. The van der Waals surface area contributed by atoms with Crippen LogP contribution in [0.25, 0.3) is 10.9 Å². The van der Waals surface area contributed by atoms with E-state index in [0.717, 1.165) is 0 Å². The Bertz CT molecular complexity index is 965. The number of ether oxygens (including phenoxy) is 2. The van der Waals surface area contributed by atoms with Gasteiger partial charge in [0.05, 0.1) is 24.1 Å². The van der Waals surface area contributed by atoms with Gasteiger partial charge in [0.25, 0.3) is 6.43 Å². The average molecular weight is 397 g/mol. The Kier molecular flexibility index (Phi) is 5.80. The topological polar surface area (TPSA) is 79.1 Å². The maximum absolute atomic E-state index is 12.2. The van der Waals surface area contributed by atoms with Crippen molar-refractivity contribution in [1.29, 1.82) is 0 Å². The summed E-state index contributed by atoms with van der Waals surface area (Å²) in [6.07, 6.45) is 2.01. The molecule has 27 heavy (non-hydrogen) atoms. The van der Waals surface area contributed by atoms with E-state index >= 15 is 0 Å². The van der Waals surface area contributed by atoms with E-state index in [-0.39, 0.29) is 23.2 Å². The van der Waals surface area contributed by atoms with E-state index in [1.54, 1.807) is 29.9 Å². The molecule has 0 saturated heterocycles. The van der Waals surface area contributed by atoms with E-state index in [4.69, 9.17) is 21.1 Å². The second-order valence-electron chi connectivity index (χ2n) is 5.47. The maximum atomic E-state index is 12.2. The Balaban J connectivity index is 1.81. The summed E-state index contributed by atoms with van der Waals surface area (Å²) in [5, 5.41) is 5.08. The average Bonchev–Trinajstić information content (AvgIpc) is 3.03. The largest absolute Gasteiger partial charge is 0.471 e. The van der Waals surface area contributed by atoms with Gasteiger partial charge in [0.1, 0.15) is 5.02 Å². The summed E-state index contributed by atoms with van der Waals surface area (Å²) in [6.45, 7) is 1.49. The quantitative estimate of drug-likeness (QED) is 0.570. The molecular weight excluding hydrogens is 382 g/mol. The van der Waals surface area contributed by atoms with Crippen LogP contribution >= 0.6 is 11.6 Å². The Morgan fingerprint density at radius 1 is 1.37 bits per heavy atom. The van der Waals surface area contributed by atoms with Crippen molar-refractivity contribution in [2.45, 2.75) is 19.9 Å². The van der Waals surface area contributed by atoms with Crippen LogP contribution < -0.4 is 4.74 Å². The summed E-state index contributed by atoms with van der Waals surface area (Å²) in [7, 11) is 0. The molecular formula is C17H15ClF2N4O3. The molecule has 0 amide bonds. The van der Waals surface area contributed by atoms with E-state index < -0.39 is 19.0 Å². The molecule has 3 aromatic rings. The number of fused-ring (bicyclic) bond motifs is 1. The predicted octanol–water partition coefficient (Wildman–Crippen LogP) is 3.35. The lowest BCUT2D eigenvalue weighted by atomic mass is 10.2. The molecule has 0 aliphatic carbocycles. The monoisotopic (exact) mass is 396 g/mol. The summed E-state index contributed by atoms with van der Waals surface area (Å²) in [5.41, 5.74) is 1.46. The van der Waals surface area contributed by atoms with Gasteiger partial charge in [-0.05, 0) is 24.6 Å². The lowest BCUT2D eigenvalue weighted by Crippen LogP contribution is -2.09. The molecule has 3 rings (SSSR count). The summed E-state index contributed by atoms with van der Waals surface area (Å²) in [6, 6.07) is 3.24. The molecule has 0 atom stereocenters. The van der Waals surface area contributed by atoms with Gasteiger partial charge in [-0.3, -0.25) is 4.68 Å². The highest BCUT2D eigenvalue weighted by atomic mass is 35.5. The first-order chi connectivity index (χ1) is 13.0. The number of rotatable bonds is 7. The summed E-state index contributed by atoms with van der Waals surface area (Å²) in [4.78, 5) is 20.0. The van der Waals surface area contributed by atoms with Crippen molar-refractivity contribution >= 4 is 28.5 Å². The van der Waals surface area contributed by atoms with Crippen LogP contribution in [-0.2, 0) is 11.3 Å². The molecule has 0 fully saturated rings. The molecule has 3 aromatic heterocycles. The fraction of sp³-hybridized carbons (Fsp3) is 0.294. The third kappa shape index (κ3) is 4.48. The normalized spacial score (nSPS) is 11.1. The lowest BCUT2D eigenvalue weighted by molar-refractivity contribution is 0.0522. The zero-order valence-corrected chi connectivity index (χ0v) is 15.0. The molecule has 0 aliphatic heterocycles. The number of aromatic nitrogens is 4. The van der Waals surface area contributed by atoms with Crippen molar-refractivity contribution in [3.05, 3.63) is 47.0 Å². The van der Waals surface area contributed by atoms with Gasteiger partial charge in [0.2, 0.25) is 5.88 Å². The number of nitrogens with zero attached hydrogens (tertiary/aromatic N) is 4. The van der Waals surface area contributed by atoms with Gasteiger partial charge >= 0.3 is 5.97 Å². The number of pyridine rings is 2. The Morgan fingerprint density at radius 2 is 2.19 bits per heavy atom. The molecule has 0 radical (unpaired) electrons. The smallest absolute Gasteiger partial charge is 0.357 e. The fourth-order valence-electron chi connectivity index (χ4n) is 2.42. The van der Waals surface area contributed by atoms with E-state index in [1.165, 1.54) is 12.4 Å². The van der Waals surface area contributed by atoms with Crippen LogP contribution in [0.15, 0.2) is 30.7 Å². The minimum atomic E-state index is -2.61. The van der Waals surface area contributed by atoms with Gasteiger partial charge in [0.15, 0.2) is 12.3 Å². The number of carbonyl (C=O) groups is 1. The van der Waals surface area contributed by atoms with Gasteiger partial charge in [-0.25, -0.2) is 23.5 Å². The van der Waals surface area contributed by atoms with Gasteiger partial charge < -0.3 is 9.47 Å². The van der Waals surface area contributed by atoms with Gasteiger partial charge in [-0.15, -0.1) is 0 Å². The standard InChI is InChI=1S/C17H15ClF2N4O3/c1-2-26-17(25)15-11-8-24(23-13(11)3-4-21-15)7-10-5-12(18)16(22-6-10)27-9-14(19)20/h3-6,8,14H,2,7,9H2,1H3. The molecule has 142 valence electrons. The highest BCUT2D eigenvalue weighted by molar-refractivity contribution is 6.31. The number of hydrogen-bond donors (Lipinski definition) is 0. The lowest BCUT2D eigenvalue weighted by Gasteiger charge is -2.08. The SMILES string of the molecule is CCOC(=O)c1nccc2nn(Cc3cnc(OCC(F)F)c(Cl)c3)cc12. The Labute approximate surface area is 157 Å². The first kappa shape index (κ1) is 19.0. The first-order valence-electron chi connectivity index (χ1n) is 8.02. The zero-order valence-electron chi connectivity index (χ0n) is 14.2. The molecule has 10 heteroatoms. The number of alkyl halides is 2. The van der Waals surface area contributed by atoms with Gasteiger partial charge in [-0.2, -0.15) is 5.10 Å². The van der Waals surface area contributed by atoms with E-state index in [9.17, 15) is 13.6 Å². The van der Waals surface area contributed by atoms with Gasteiger partial charge in [-0.1, -0.05) is 11.6 Å². The van der Waals surface area contributed by atoms with Crippen LogP contribution in [-0.4, -0.2) is 45.4 Å². The van der Waals surface area contributed by atoms with E-state index in [1.807, 2.05) is 0 Å². The van der Waals surface area contributed by atoms with E-state index in [2.05, 4.69) is 15.1 Å². The third-order valence-corrected chi connectivity index (χ3v) is 3.78. The van der Waals surface area contributed by atoms with Gasteiger partial charge in [0, 0.05) is 18.6 Å². The second-order valence-corrected chi connectivity index (χ2v) is 5.88.